The van der Waals surface area contributed by atoms with Crippen LogP contribution in [0.1, 0.15) is 70.0 Å². The molecule has 0 fully saturated rings. The van der Waals surface area contributed by atoms with Crippen molar-refractivity contribution >= 4 is 5.57 Å². The molecule has 0 saturated carbocycles. The van der Waals surface area contributed by atoms with Crippen LogP contribution in [0.4, 0.5) is 0 Å². The molecule has 2 unspecified atom stereocenters. The summed E-state index contributed by atoms with van der Waals surface area (Å²) in [5.74, 6) is 0.545. The van der Waals surface area contributed by atoms with Crippen LogP contribution in [0.3, 0.4) is 0 Å². The van der Waals surface area contributed by atoms with Crippen molar-refractivity contribution in [2.75, 3.05) is 0 Å². The summed E-state index contributed by atoms with van der Waals surface area (Å²) in [5.41, 5.74) is 17.1. The summed E-state index contributed by atoms with van der Waals surface area (Å²) in [4.78, 5) is 5.70. The van der Waals surface area contributed by atoms with Gasteiger partial charge in [-0.15, -0.1) is 0 Å². The first-order valence-corrected chi connectivity index (χ1v) is 23.2. The number of hydrogen-bond acceptors (Lipinski definition) is 1. The lowest BCUT2D eigenvalue weighted by Gasteiger charge is -2.46. The predicted octanol–water partition coefficient (Wildman–Crippen LogP) is 15.9. The fraction of sp³-hybridized carbons (Fsp3) is 0.141. The van der Waals surface area contributed by atoms with Gasteiger partial charge in [0.15, 0.2) is 0 Å². The summed E-state index contributed by atoms with van der Waals surface area (Å²) in [6.45, 7) is 6.84. The Morgan fingerprint density at radius 2 is 0.938 bits per heavy atom. The van der Waals surface area contributed by atoms with E-state index in [4.69, 9.17) is 4.98 Å². The van der Waals surface area contributed by atoms with Crippen LogP contribution in [-0.4, -0.2) is 4.98 Å². The van der Waals surface area contributed by atoms with Gasteiger partial charge in [-0.1, -0.05) is 237 Å². The van der Waals surface area contributed by atoms with E-state index in [-0.39, 0.29) is 11.3 Å². The summed E-state index contributed by atoms with van der Waals surface area (Å²) in [5, 5.41) is 0. The number of aromatic nitrogens is 1. The largest absolute Gasteiger partial charge is 0.248 e. The Morgan fingerprint density at radius 3 is 1.48 bits per heavy atom. The fourth-order valence-electron chi connectivity index (χ4n) is 11.2. The molecule has 0 N–H and O–H groups in total. The van der Waals surface area contributed by atoms with Crippen molar-refractivity contribution in [3.63, 3.8) is 0 Å². The van der Waals surface area contributed by atoms with Gasteiger partial charge in [0, 0.05) is 16.9 Å². The molecule has 2 atom stereocenters. The number of nitrogens with zero attached hydrogens (tertiary/aromatic N) is 1. The van der Waals surface area contributed by atoms with Gasteiger partial charge in [-0.25, -0.2) is 4.98 Å². The summed E-state index contributed by atoms with van der Waals surface area (Å²) >= 11 is 0. The molecular weight excluding hydrogens is 783 g/mol. The number of allylic oxidation sites excluding steroid dienone is 8. The minimum absolute atomic E-state index is 0.217. The number of rotatable bonds is 11. The minimum Gasteiger partial charge on any atom is -0.248 e. The molecule has 0 saturated heterocycles. The quantitative estimate of drug-likeness (QED) is 0.118. The number of hydrogen-bond donors (Lipinski definition) is 0. The van der Waals surface area contributed by atoms with E-state index in [1.165, 1.54) is 66.8 Å². The predicted molar refractivity (Wildman–Crippen MR) is 273 cm³/mol. The van der Waals surface area contributed by atoms with E-state index in [0.717, 1.165) is 29.8 Å². The number of pyridine rings is 1. The summed E-state index contributed by atoms with van der Waals surface area (Å²) < 4.78 is 0. The van der Waals surface area contributed by atoms with E-state index >= 15 is 0 Å². The highest BCUT2D eigenvalue weighted by Crippen LogP contribution is 2.53. The van der Waals surface area contributed by atoms with E-state index < -0.39 is 5.41 Å². The molecular formula is C64H55N. The molecule has 0 bridgehead atoms. The first kappa shape index (κ1) is 41.6. The third kappa shape index (κ3) is 7.55. The molecule has 7 aromatic carbocycles. The monoisotopic (exact) mass is 837 g/mol. The maximum Gasteiger partial charge on any atom is 0.0715 e. The molecule has 0 amide bonds. The molecule has 2 aliphatic rings. The van der Waals surface area contributed by atoms with Crippen molar-refractivity contribution in [2.45, 2.75) is 44.4 Å². The van der Waals surface area contributed by atoms with Crippen LogP contribution >= 0.6 is 0 Å². The van der Waals surface area contributed by atoms with Crippen LogP contribution in [0.5, 0.6) is 0 Å². The highest BCUT2D eigenvalue weighted by atomic mass is 14.7. The number of benzene rings is 7. The summed E-state index contributed by atoms with van der Waals surface area (Å²) in [7, 11) is 0. The van der Waals surface area contributed by atoms with E-state index in [1.807, 2.05) is 0 Å². The van der Waals surface area contributed by atoms with Gasteiger partial charge in [0.25, 0.3) is 0 Å². The lowest BCUT2D eigenvalue weighted by molar-refractivity contribution is 0.354. The maximum absolute atomic E-state index is 5.70. The molecule has 2 aliphatic carbocycles. The molecule has 0 aliphatic heterocycles. The zero-order valence-corrected chi connectivity index (χ0v) is 37.6. The number of aryl methyl sites for hydroxylation is 2. The van der Waals surface area contributed by atoms with Crippen molar-refractivity contribution in [1.29, 1.82) is 0 Å². The van der Waals surface area contributed by atoms with E-state index in [2.05, 4.69) is 263 Å². The topological polar surface area (TPSA) is 12.9 Å². The van der Waals surface area contributed by atoms with Crippen LogP contribution in [0.2, 0.25) is 0 Å². The zero-order chi connectivity index (χ0) is 44.2. The van der Waals surface area contributed by atoms with Crippen LogP contribution in [0, 0.1) is 25.7 Å². The van der Waals surface area contributed by atoms with Gasteiger partial charge in [-0.2, -0.15) is 0 Å². The highest BCUT2D eigenvalue weighted by Gasteiger charge is 2.46. The van der Waals surface area contributed by atoms with Crippen LogP contribution in [0.25, 0.3) is 28.0 Å². The Hall–Kier alpha value is -7.35. The summed E-state index contributed by atoms with van der Waals surface area (Å²) in [6.07, 6.45) is 16.1. The minimum atomic E-state index is -0.575. The molecule has 1 heterocycles. The van der Waals surface area contributed by atoms with Gasteiger partial charge >= 0.3 is 0 Å². The molecule has 8 aromatic rings. The normalized spacial score (nSPS) is 16.2. The molecule has 0 radical (unpaired) electrons. The first-order valence-electron chi connectivity index (χ1n) is 23.2. The van der Waals surface area contributed by atoms with E-state index in [1.54, 1.807) is 0 Å². The SMILES string of the molecule is Cc1cccc(C)c1-c1cc(C2=CCCC(C(c3ccccc3)(c3ccccc3)C3C=CC=CC3C)=C2)nc(-c2cccc(C(c3ccccc3)(c3ccccc3)c3ccccc3)c2)c1. The fourth-order valence-corrected chi connectivity index (χ4v) is 11.2. The zero-order valence-electron chi connectivity index (χ0n) is 37.6. The van der Waals surface area contributed by atoms with Crippen molar-refractivity contribution in [1.82, 2.24) is 4.98 Å². The molecule has 65 heavy (non-hydrogen) atoms. The van der Waals surface area contributed by atoms with Crippen LogP contribution in [-0.2, 0) is 10.8 Å². The van der Waals surface area contributed by atoms with Crippen molar-refractivity contribution < 1.29 is 0 Å². The summed E-state index contributed by atoms with van der Waals surface area (Å²) in [6, 6.07) is 75.9. The Morgan fingerprint density at radius 1 is 0.462 bits per heavy atom. The second kappa shape index (κ2) is 18.0. The van der Waals surface area contributed by atoms with Crippen molar-refractivity contribution in [2.24, 2.45) is 11.8 Å². The third-order valence-corrected chi connectivity index (χ3v) is 14.1. The second-order valence-electron chi connectivity index (χ2n) is 17.9. The highest BCUT2D eigenvalue weighted by molar-refractivity contribution is 5.83. The average Bonchev–Trinajstić information content (AvgIpc) is 3.37. The van der Waals surface area contributed by atoms with Crippen molar-refractivity contribution in [3.05, 3.63) is 298 Å². The lowest BCUT2D eigenvalue weighted by atomic mass is 9.56. The molecule has 0 spiro atoms. The van der Waals surface area contributed by atoms with Gasteiger partial charge in [0.1, 0.15) is 0 Å². The molecule has 1 nitrogen and oxygen atoms in total. The van der Waals surface area contributed by atoms with Crippen LogP contribution in [0.15, 0.2) is 248 Å². The maximum atomic E-state index is 5.70. The standard InChI is InChI=1S/C64H55N/c1-46-24-19-20-41-59(46)64(55-35-15-7-16-36-55,56-37-17-8-18-38-56)58-40-23-28-50(43-58)61-45-51(62-47(2)25-21-26-48(62)3)44-60(65-61)49-27-22-39-57(42-49)63(52-29-9-4-10-30-52,53-31-11-5-12-32-53)54-33-13-6-14-34-54/h4-22,24-39,41-46,59H,23,40H2,1-3H3. The molecule has 316 valence electrons. The van der Waals surface area contributed by atoms with E-state index in [0.29, 0.717) is 5.92 Å². The lowest BCUT2D eigenvalue weighted by Crippen LogP contribution is -2.41. The third-order valence-electron chi connectivity index (χ3n) is 14.1. The Kier molecular flexibility index (Phi) is 11.6. The van der Waals surface area contributed by atoms with Gasteiger partial charge < -0.3 is 0 Å². The Balaban J connectivity index is 1.20. The smallest absolute Gasteiger partial charge is 0.0715 e. The van der Waals surface area contributed by atoms with Gasteiger partial charge in [-0.3, -0.25) is 0 Å². The molecule has 1 aromatic heterocycles. The van der Waals surface area contributed by atoms with E-state index in [9.17, 15) is 0 Å². The van der Waals surface area contributed by atoms with Gasteiger partial charge in [0.2, 0.25) is 0 Å². The van der Waals surface area contributed by atoms with Crippen LogP contribution < -0.4 is 0 Å². The first-order chi connectivity index (χ1) is 32.0. The van der Waals surface area contributed by atoms with Gasteiger partial charge in [0.05, 0.1) is 16.8 Å². The van der Waals surface area contributed by atoms with Crippen molar-refractivity contribution in [3.8, 4) is 22.4 Å². The average molecular weight is 838 g/mol. The van der Waals surface area contributed by atoms with Gasteiger partial charge in [-0.05, 0) is 112 Å². The molecule has 1 heteroatoms. The Labute approximate surface area is 385 Å². The Bertz CT molecular complexity index is 2890. The second-order valence-corrected chi connectivity index (χ2v) is 17.9. The molecule has 10 rings (SSSR count).